The van der Waals surface area contributed by atoms with Gasteiger partial charge in [0.1, 0.15) is 5.75 Å². The lowest BCUT2D eigenvalue weighted by Gasteiger charge is -2.57. The van der Waals surface area contributed by atoms with E-state index >= 15 is 0 Å². The van der Waals surface area contributed by atoms with E-state index in [4.69, 9.17) is 14.1 Å². The molecule has 1 saturated heterocycles. The van der Waals surface area contributed by atoms with Crippen molar-refractivity contribution in [3.05, 3.63) is 52.6 Å². The third-order valence-electron chi connectivity index (χ3n) is 11.0. The van der Waals surface area contributed by atoms with E-state index in [1.54, 1.807) is 0 Å². The number of benzene rings is 1. The van der Waals surface area contributed by atoms with Gasteiger partial charge in [0.2, 0.25) is 8.32 Å². The van der Waals surface area contributed by atoms with Gasteiger partial charge in [-0.2, -0.15) is 4.99 Å². The summed E-state index contributed by atoms with van der Waals surface area (Å²) < 4.78 is 12.6. The lowest BCUT2D eigenvalue weighted by molar-refractivity contribution is -0.113. The predicted octanol–water partition coefficient (Wildman–Crippen LogP) is 7.90. The minimum Gasteiger partial charge on any atom is -0.543 e. The number of amidine groups is 1. The number of rotatable bonds is 5. The number of aromatic nitrogens is 1. The highest BCUT2D eigenvalue weighted by molar-refractivity contribution is 8.18. The molecule has 1 amide bonds. The van der Waals surface area contributed by atoms with Crippen molar-refractivity contribution >= 4 is 37.2 Å². The maximum atomic E-state index is 12.8. The Hall–Kier alpha value is -2.42. The lowest BCUT2D eigenvalue weighted by Crippen LogP contribution is -2.49. The zero-order valence-electron chi connectivity index (χ0n) is 26.3. The molecule has 228 valence electrons. The predicted molar refractivity (Wildman–Crippen MR) is 178 cm³/mol. The first-order valence-corrected chi connectivity index (χ1v) is 19.9. The fourth-order valence-corrected chi connectivity index (χ4v) is 10.2. The number of nitrogens with zero attached hydrogens (tertiary/aromatic N) is 3. The lowest BCUT2D eigenvalue weighted by atomic mass is 9.48. The third-order valence-corrected chi connectivity index (χ3v) is 16.4. The van der Waals surface area contributed by atoms with Crippen LogP contribution in [-0.4, -0.2) is 55.6 Å². The minimum atomic E-state index is -2.02. The average molecular weight is 616 g/mol. The number of amides is 1. The number of thioether (sulfide) groups is 1. The van der Waals surface area contributed by atoms with Gasteiger partial charge in [-0.3, -0.25) is 4.79 Å². The van der Waals surface area contributed by atoms with E-state index in [2.05, 4.69) is 68.0 Å². The average Bonchev–Trinajstić information content (AvgIpc) is 3.32. The SMILES string of the molecule is CC(C)(C)[Si](C)(C)Oc1ccc(-c2cccc(C=C3SC(N4CCOCC4)=NC3=O)n2)cc1C12CC3CC(CC(C3)C1)C2. The van der Waals surface area contributed by atoms with Gasteiger partial charge in [-0.1, -0.05) is 26.8 Å². The van der Waals surface area contributed by atoms with Gasteiger partial charge >= 0.3 is 0 Å². The normalized spacial score (nSPS) is 29.8. The molecule has 4 aliphatic carbocycles. The molecule has 6 nitrogen and oxygen atoms in total. The number of ether oxygens (including phenoxy) is 1. The monoisotopic (exact) mass is 615 g/mol. The summed E-state index contributed by atoms with van der Waals surface area (Å²) in [6, 6.07) is 13.0. The molecule has 1 aromatic heterocycles. The smallest absolute Gasteiger partial charge is 0.286 e. The van der Waals surface area contributed by atoms with Gasteiger partial charge in [-0.25, -0.2) is 4.98 Å². The van der Waals surface area contributed by atoms with E-state index in [9.17, 15) is 4.79 Å². The molecule has 2 aliphatic heterocycles. The fraction of sp³-hybridized carbons (Fsp3) is 0.571. The molecule has 6 aliphatic rings. The Morgan fingerprint density at radius 2 is 1.70 bits per heavy atom. The Morgan fingerprint density at radius 1 is 1.02 bits per heavy atom. The van der Waals surface area contributed by atoms with Crippen molar-refractivity contribution in [1.29, 1.82) is 0 Å². The molecule has 8 rings (SSSR count). The maximum absolute atomic E-state index is 12.8. The summed E-state index contributed by atoms with van der Waals surface area (Å²) in [6.07, 6.45) is 10.0. The molecule has 1 aromatic carbocycles. The molecule has 0 unspecified atom stereocenters. The van der Waals surface area contributed by atoms with Crippen LogP contribution in [0.25, 0.3) is 17.3 Å². The zero-order valence-corrected chi connectivity index (χ0v) is 28.1. The topological polar surface area (TPSA) is 64.0 Å². The summed E-state index contributed by atoms with van der Waals surface area (Å²) in [6.45, 7) is 14.6. The Labute approximate surface area is 261 Å². The van der Waals surface area contributed by atoms with Crippen LogP contribution in [0.15, 0.2) is 46.3 Å². The largest absolute Gasteiger partial charge is 0.543 e. The fourth-order valence-electron chi connectivity index (χ4n) is 8.18. The Kier molecular flexibility index (Phi) is 7.41. The molecule has 2 aromatic rings. The molecule has 0 radical (unpaired) electrons. The number of carbonyl (C=O) groups excluding carboxylic acids is 1. The number of morpholine rings is 1. The van der Waals surface area contributed by atoms with Crippen molar-refractivity contribution in [2.75, 3.05) is 26.3 Å². The molecule has 4 saturated carbocycles. The summed E-state index contributed by atoms with van der Waals surface area (Å²) in [5, 5.41) is 0.905. The van der Waals surface area contributed by atoms with Gasteiger partial charge in [0.25, 0.3) is 5.91 Å². The van der Waals surface area contributed by atoms with Gasteiger partial charge in [0.15, 0.2) is 5.17 Å². The van der Waals surface area contributed by atoms with E-state index in [1.165, 1.54) is 55.9 Å². The summed E-state index contributed by atoms with van der Waals surface area (Å²) in [5.74, 6) is 3.49. The van der Waals surface area contributed by atoms with Crippen LogP contribution in [-0.2, 0) is 14.9 Å². The van der Waals surface area contributed by atoms with Crippen LogP contribution in [0, 0.1) is 17.8 Å². The van der Waals surface area contributed by atoms with Crippen LogP contribution in [0.2, 0.25) is 18.1 Å². The van der Waals surface area contributed by atoms with Crippen molar-refractivity contribution in [3.63, 3.8) is 0 Å². The molecule has 4 bridgehead atoms. The second-order valence-corrected chi connectivity index (χ2v) is 20.9. The van der Waals surface area contributed by atoms with Crippen molar-refractivity contribution in [2.24, 2.45) is 22.7 Å². The number of hydrogen-bond donors (Lipinski definition) is 0. The van der Waals surface area contributed by atoms with Crippen LogP contribution in [0.4, 0.5) is 0 Å². The van der Waals surface area contributed by atoms with Crippen molar-refractivity contribution in [1.82, 2.24) is 9.88 Å². The molecule has 3 heterocycles. The van der Waals surface area contributed by atoms with Crippen LogP contribution in [0.1, 0.15) is 70.6 Å². The summed E-state index contributed by atoms with van der Waals surface area (Å²) in [7, 11) is -2.02. The highest BCUT2D eigenvalue weighted by Gasteiger charge is 2.53. The first kappa shape index (κ1) is 29.3. The van der Waals surface area contributed by atoms with Gasteiger partial charge in [-0.15, -0.1) is 0 Å². The van der Waals surface area contributed by atoms with Gasteiger partial charge < -0.3 is 14.1 Å². The van der Waals surface area contributed by atoms with E-state index in [-0.39, 0.29) is 16.4 Å². The molecule has 0 atom stereocenters. The van der Waals surface area contributed by atoms with E-state index in [0.29, 0.717) is 18.1 Å². The van der Waals surface area contributed by atoms with E-state index < -0.39 is 8.32 Å². The zero-order chi connectivity index (χ0) is 30.0. The number of aliphatic imine (C=N–C) groups is 1. The van der Waals surface area contributed by atoms with Gasteiger partial charge in [-0.05, 0) is 134 Å². The third kappa shape index (κ3) is 5.64. The number of pyridine rings is 1. The Bertz CT molecular complexity index is 1450. The molecule has 0 N–H and O–H groups in total. The summed E-state index contributed by atoms with van der Waals surface area (Å²) in [4.78, 5) is 24.9. The highest BCUT2D eigenvalue weighted by atomic mass is 32.2. The number of carbonyl (C=O) groups is 1. The first-order chi connectivity index (χ1) is 20.5. The van der Waals surface area contributed by atoms with Crippen LogP contribution >= 0.6 is 11.8 Å². The first-order valence-electron chi connectivity index (χ1n) is 16.1. The summed E-state index contributed by atoms with van der Waals surface area (Å²) in [5.41, 5.74) is 4.48. The van der Waals surface area contributed by atoms with Gasteiger partial charge in [0, 0.05) is 18.7 Å². The van der Waals surface area contributed by atoms with Crippen LogP contribution in [0.5, 0.6) is 5.75 Å². The Balaban J connectivity index is 1.22. The highest BCUT2D eigenvalue weighted by Crippen LogP contribution is 2.62. The summed E-state index contributed by atoms with van der Waals surface area (Å²) >= 11 is 1.44. The molecule has 0 spiro atoms. The van der Waals surface area contributed by atoms with Crippen LogP contribution < -0.4 is 4.43 Å². The molecule has 5 fully saturated rings. The van der Waals surface area contributed by atoms with Crippen molar-refractivity contribution in [2.45, 2.75) is 82.8 Å². The van der Waals surface area contributed by atoms with Gasteiger partial charge in [0.05, 0.1) is 29.5 Å². The molecular formula is C35H45N3O3SSi. The van der Waals surface area contributed by atoms with Crippen molar-refractivity contribution < 1.29 is 14.0 Å². The van der Waals surface area contributed by atoms with E-state index in [1.807, 2.05) is 18.2 Å². The quantitative estimate of drug-likeness (QED) is 0.252. The standard InChI is InChI=1S/C35H45N3O3SSi/c1-34(2,3)43(4,5)41-30-10-9-26(18-28(30)35-20-23-15-24(21-35)17-25(16-23)22-35)29-8-6-7-27(36-29)19-31-32(39)37-33(42-31)38-11-13-40-14-12-38/h6-10,18-19,23-25H,11-17,20-22H2,1-5H3. The molecular weight excluding hydrogens is 571 g/mol. The maximum Gasteiger partial charge on any atom is 0.286 e. The second-order valence-electron chi connectivity index (χ2n) is 15.1. The number of hydrogen-bond acceptors (Lipinski definition) is 6. The minimum absolute atomic E-state index is 0.134. The van der Waals surface area contributed by atoms with Crippen molar-refractivity contribution in [3.8, 4) is 17.0 Å². The van der Waals surface area contributed by atoms with E-state index in [0.717, 1.165) is 58.7 Å². The molecule has 8 heteroatoms. The second kappa shape index (κ2) is 10.9. The van der Waals surface area contributed by atoms with Crippen LogP contribution in [0.3, 0.4) is 0 Å². The molecule has 43 heavy (non-hydrogen) atoms. The Morgan fingerprint density at radius 3 is 2.35 bits per heavy atom.